The predicted octanol–water partition coefficient (Wildman–Crippen LogP) is -0.0841. The van der Waals surface area contributed by atoms with E-state index in [0.717, 1.165) is 18.4 Å². The van der Waals surface area contributed by atoms with E-state index in [2.05, 4.69) is 0 Å². The van der Waals surface area contributed by atoms with Gasteiger partial charge in [0.05, 0.1) is 6.61 Å². The molecule has 0 saturated carbocycles. The molecule has 0 aliphatic heterocycles. The van der Waals surface area contributed by atoms with Crippen molar-refractivity contribution in [3.05, 3.63) is 11.6 Å². The van der Waals surface area contributed by atoms with Crippen molar-refractivity contribution in [1.29, 1.82) is 0 Å². The van der Waals surface area contributed by atoms with Crippen LogP contribution in [0.4, 0.5) is 0 Å². The second-order valence-corrected chi connectivity index (χ2v) is 3.41. The van der Waals surface area contributed by atoms with Crippen molar-refractivity contribution in [3.63, 3.8) is 0 Å². The van der Waals surface area contributed by atoms with Crippen LogP contribution >= 0.6 is 0 Å². The van der Waals surface area contributed by atoms with Gasteiger partial charge in [0.15, 0.2) is 0 Å². The molecule has 0 aromatic heterocycles. The van der Waals surface area contributed by atoms with Gasteiger partial charge in [0, 0.05) is 19.1 Å². The fourth-order valence-electron chi connectivity index (χ4n) is 1.74. The van der Waals surface area contributed by atoms with E-state index in [9.17, 15) is 0 Å². The van der Waals surface area contributed by atoms with Crippen molar-refractivity contribution in [3.8, 4) is 0 Å². The maximum Gasteiger partial charge on any atom is 0.0641 e. The molecule has 0 bridgehead atoms. The topological polar surface area (TPSA) is 60.7 Å². The van der Waals surface area contributed by atoms with Gasteiger partial charge in [-0.3, -0.25) is 0 Å². The highest BCUT2D eigenvalue weighted by molar-refractivity contribution is 5.09. The van der Waals surface area contributed by atoms with E-state index in [1.165, 1.54) is 0 Å². The summed E-state index contributed by atoms with van der Waals surface area (Å²) in [6.07, 6.45) is 3.52. The molecule has 0 fully saturated rings. The Hall–Kier alpha value is -0.380. The molecule has 0 aromatic rings. The zero-order valence-corrected chi connectivity index (χ0v) is 7.11. The minimum Gasteiger partial charge on any atom is -0.396 e. The normalized spacial score (nSPS) is 30.1. The maximum absolute atomic E-state index is 8.93. The fraction of sp³-hybridized carbons (Fsp3) is 0.778. The van der Waals surface area contributed by atoms with E-state index in [4.69, 9.17) is 15.3 Å². The third-order valence-electron chi connectivity index (χ3n) is 2.35. The molecule has 2 atom stereocenters. The molecule has 3 nitrogen and oxygen atoms in total. The van der Waals surface area contributed by atoms with Crippen LogP contribution in [0.5, 0.6) is 0 Å². The summed E-state index contributed by atoms with van der Waals surface area (Å²) >= 11 is 0. The zero-order chi connectivity index (χ0) is 8.97. The molecule has 3 heteroatoms. The quantitative estimate of drug-likeness (QED) is 0.522. The van der Waals surface area contributed by atoms with Crippen molar-refractivity contribution in [1.82, 2.24) is 0 Å². The molecule has 0 radical (unpaired) electrons. The molecule has 1 aliphatic carbocycles. The molecule has 12 heavy (non-hydrogen) atoms. The first-order chi connectivity index (χ1) is 5.80. The molecule has 0 amide bonds. The molecule has 1 aliphatic rings. The summed E-state index contributed by atoms with van der Waals surface area (Å²) in [5.41, 5.74) is 0.944. The standard InChI is InChI=1S/C9H16O3/c10-4-7-1-8(5-11)3-9(2-7)6-12/h1,7,9-12H,2-6H2/t7-,9?/m1/s1. The molecule has 0 heterocycles. The lowest BCUT2D eigenvalue weighted by molar-refractivity contribution is 0.164. The second-order valence-electron chi connectivity index (χ2n) is 3.41. The van der Waals surface area contributed by atoms with Crippen LogP contribution in [0, 0.1) is 11.8 Å². The van der Waals surface area contributed by atoms with Crippen LogP contribution < -0.4 is 0 Å². The zero-order valence-electron chi connectivity index (χ0n) is 7.11. The Morgan fingerprint density at radius 1 is 1.25 bits per heavy atom. The van der Waals surface area contributed by atoms with Crippen LogP contribution in [-0.4, -0.2) is 35.1 Å². The molecule has 70 valence electrons. The summed E-state index contributed by atoms with van der Waals surface area (Å²) in [7, 11) is 0. The molecular weight excluding hydrogens is 156 g/mol. The van der Waals surface area contributed by atoms with Gasteiger partial charge in [-0.05, 0) is 24.3 Å². The Labute approximate surface area is 72.3 Å². The van der Waals surface area contributed by atoms with E-state index in [1.54, 1.807) is 0 Å². The van der Waals surface area contributed by atoms with Gasteiger partial charge < -0.3 is 15.3 Å². The smallest absolute Gasteiger partial charge is 0.0641 e. The minimum atomic E-state index is 0.0486. The monoisotopic (exact) mass is 172 g/mol. The van der Waals surface area contributed by atoms with Crippen LogP contribution in [0.1, 0.15) is 12.8 Å². The van der Waals surface area contributed by atoms with Crippen molar-refractivity contribution in [2.45, 2.75) is 12.8 Å². The number of rotatable bonds is 3. The highest BCUT2D eigenvalue weighted by Gasteiger charge is 2.20. The second kappa shape index (κ2) is 4.60. The van der Waals surface area contributed by atoms with E-state index in [-0.39, 0.29) is 31.7 Å². The average Bonchev–Trinajstić information content (AvgIpc) is 2.16. The van der Waals surface area contributed by atoms with Gasteiger partial charge in [-0.15, -0.1) is 0 Å². The fourth-order valence-corrected chi connectivity index (χ4v) is 1.74. The van der Waals surface area contributed by atoms with E-state index in [1.807, 2.05) is 6.08 Å². The van der Waals surface area contributed by atoms with Gasteiger partial charge in [0.25, 0.3) is 0 Å². The Morgan fingerprint density at radius 3 is 2.50 bits per heavy atom. The summed E-state index contributed by atoms with van der Waals surface area (Å²) in [4.78, 5) is 0. The van der Waals surface area contributed by atoms with Gasteiger partial charge >= 0.3 is 0 Å². The lowest BCUT2D eigenvalue weighted by Crippen LogP contribution is -2.20. The van der Waals surface area contributed by atoms with E-state index in [0.29, 0.717) is 0 Å². The third kappa shape index (κ3) is 2.30. The average molecular weight is 172 g/mol. The molecule has 1 rings (SSSR count). The van der Waals surface area contributed by atoms with Gasteiger partial charge in [-0.25, -0.2) is 0 Å². The summed E-state index contributed by atoms with van der Waals surface area (Å²) in [5.74, 6) is 0.340. The van der Waals surface area contributed by atoms with Crippen LogP contribution in [0.3, 0.4) is 0 Å². The third-order valence-corrected chi connectivity index (χ3v) is 2.35. The van der Waals surface area contributed by atoms with E-state index < -0.39 is 0 Å². The lowest BCUT2D eigenvalue weighted by Gasteiger charge is -2.25. The van der Waals surface area contributed by atoms with Crippen molar-refractivity contribution >= 4 is 0 Å². The van der Waals surface area contributed by atoms with Gasteiger partial charge in [-0.2, -0.15) is 0 Å². The van der Waals surface area contributed by atoms with E-state index >= 15 is 0 Å². The van der Waals surface area contributed by atoms with Crippen LogP contribution in [0.25, 0.3) is 0 Å². The Balaban J connectivity index is 2.57. The molecule has 1 unspecified atom stereocenters. The van der Waals surface area contributed by atoms with Crippen molar-refractivity contribution in [2.24, 2.45) is 11.8 Å². The highest BCUT2D eigenvalue weighted by Crippen LogP contribution is 2.27. The predicted molar refractivity (Wildman–Crippen MR) is 45.6 cm³/mol. The SMILES string of the molecule is OCC1=C[C@@H](CO)CC(CO)C1. The van der Waals surface area contributed by atoms with Crippen LogP contribution in [-0.2, 0) is 0 Å². The molecular formula is C9H16O3. The first-order valence-electron chi connectivity index (χ1n) is 4.32. The summed E-state index contributed by atoms with van der Waals surface area (Å²) in [6.45, 7) is 0.306. The minimum absolute atomic E-state index is 0.0486. The summed E-state index contributed by atoms with van der Waals surface area (Å²) in [6, 6.07) is 0. The highest BCUT2D eigenvalue weighted by atomic mass is 16.3. The molecule has 3 N–H and O–H groups in total. The summed E-state index contributed by atoms with van der Waals surface area (Å²) in [5, 5.41) is 26.7. The number of hydrogen-bond acceptors (Lipinski definition) is 3. The van der Waals surface area contributed by atoms with Gasteiger partial charge in [-0.1, -0.05) is 6.08 Å². The number of aliphatic hydroxyl groups is 3. The number of aliphatic hydroxyl groups excluding tert-OH is 3. The summed E-state index contributed by atoms with van der Waals surface area (Å²) < 4.78 is 0. The lowest BCUT2D eigenvalue weighted by atomic mass is 9.83. The van der Waals surface area contributed by atoms with Crippen LogP contribution in [0.15, 0.2) is 11.6 Å². The Bertz CT molecular complexity index is 165. The first kappa shape index (κ1) is 9.71. The Kier molecular flexibility index (Phi) is 3.72. The van der Waals surface area contributed by atoms with Crippen molar-refractivity contribution < 1.29 is 15.3 Å². The Morgan fingerprint density at radius 2 is 2.00 bits per heavy atom. The molecule has 0 aromatic carbocycles. The van der Waals surface area contributed by atoms with Gasteiger partial charge in [0.2, 0.25) is 0 Å². The van der Waals surface area contributed by atoms with Crippen LogP contribution in [0.2, 0.25) is 0 Å². The van der Waals surface area contributed by atoms with Gasteiger partial charge in [0.1, 0.15) is 0 Å². The molecule has 0 saturated heterocycles. The van der Waals surface area contributed by atoms with Crippen molar-refractivity contribution in [2.75, 3.05) is 19.8 Å². The largest absolute Gasteiger partial charge is 0.396 e. The molecule has 0 spiro atoms. The number of hydrogen-bond donors (Lipinski definition) is 3. The first-order valence-corrected chi connectivity index (χ1v) is 4.32. The maximum atomic E-state index is 8.93.